The van der Waals surface area contributed by atoms with E-state index in [9.17, 15) is 10.1 Å². The number of thiocarbonyl (C=S) groups is 1. The normalized spacial score (nSPS) is 11.5. The largest absolute Gasteiger partial charge is 0.360 e. The van der Waals surface area contributed by atoms with Gasteiger partial charge in [-0.2, -0.15) is 0 Å². The molecule has 2 aromatic carbocycles. The van der Waals surface area contributed by atoms with Crippen LogP contribution in [0.15, 0.2) is 54.6 Å². The molecule has 2 rings (SSSR count). The van der Waals surface area contributed by atoms with Crippen molar-refractivity contribution in [1.82, 2.24) is 5.32 Å². The van der Waals surface area contributed by atoms with E-state index in [1.807, 2.05) is 25.1 Å². The molecular formula is C17H19N3O2S. The fraction of sp³-hybridized carbons (Fsp3) is 0.235. The van der Waals surface area contributed by atoms with Gasteiger partial charge in [0.1, 0.15) is 5.69 Å². The van der Waals surface area contributed by atoms with Crippen LogP contribution in [0.3, 0.4) is 0 Å². The molecule has 0 aliphatic heterocycles. The number of hydrogen-bond acceptors (Lipinski definition) is 3. The molecule has 0 heterocycles. The van der Waals surface area contributed by atoms with Gasteiger partial charge < -0.3 is 10.6 Å². The molecule has 2 N–H and O–H groups in total. The minimum absolute atomic E-state index is 0.00795. The Balaban J connectivity index is 1.86. The maximum atomic E-state index is 11.0. The molecule has 0 amide bonds. The van der Waals surface area contributed by atoms with E-state index in [0.29, 0.717) is 10.8 Å². The molecule has 5 nitrogen and oxygen atoms in total. The number of rotatable bonds is 6. The van der Waals surface area contributed by atoms with Crippen molar-refractivity contribution in [2.24, 2.45) is 0 Å². The van der Waals surface area contributed by atoms with Gasteiger partial charge in [0.25, 0.3) is 5.69 Å². The van der Waals surface area contributed by atoms with E-state index in [4.69, 9.17) is 12.2 Å². The van der Waals surface area contributed by atoms with Gasteiger partial charge in [-0.15, -0.1) is 0 Å². The van der Waals surface area contributed by atoms with Gasteiger partial charge in [-0.3, -0.25) is 10.1 Å². The van der Waals surface area contributed by atoms with Crippen molar-refractivity contribution in [3.8, 4) is 0 Å². The molecular weight excluding hydrogens is 310 g/mol. The molecule has 120 valence electrons. The SMILES string of the molecule is CC(CCc1ccccc1)NC(=S)Nc1ccccc1[N+](=O)[O-]. The Hall–Kier alpha value is -2.47. The van der Waals surface area contributed by atoms with Gasteiger partial charge in [0, 0.05) is 12.1 Å². The summed E-state index contributed by atoms with van der Waals surface area (Å²) in [5.74, 6) is 0. The van der Waals surface area contributed by atoms with Crippen LogP contribution < -0.4 is 10.6 Å². The second-order valence-corrected chi connectivity index (χ2v) is 5.71. The van der Waals surface area contributed by atoms with E-state index in [-0.39, 0.29) is 11.7 Å². The lowest BCUT2D eigenvalue weighted by molar-refractivity contribution is -0.383. The molecule has 0 fully saturated rings. The summed E-state index contributed by atoms with van der Waals surface area (Å²) in [5, 5.41) is 17.4. The molecule has 0 saturated heterocycles. The second kappa shape index (κ2) is 8.24. The Bertz CT molecular complexity index is 677. The standard InChI is InChI=1S/C17H19N3O2S/c1-13(11-12-14-7-3-2-4-8-14)18-17(23)19-15-9-5-6-10-16(15)20(21)22/h2-10,13H,11-12H2,1H3,(H2,18,19,23). The summed E-state index contributed by atoms with van der Waals surface area (Å²) in [6.07, 6.45) is 1.87. The predicted octanol–water partition coefficient (Wildman–Crippen LogP) is 3.90. The molecule has 0 saturated carbocycles. The highest BCUT2D eigenvalue weighted by Crippen LogP contribution is 2.22. The maximum Gasteiger partial charge on any atom is 0.292 e. The number of hydrogen-bond donors (Lipinski definition) is 2. The molecule has 0 aliphatic carbocycles. The lowest BCUT2D eigenvalue weighted by Gasteiger charge is -2.17. The van der Waals surface area contributed by atoms with Crippen LogP contribution in [0.1, 0.15) is 18.9 Å². The first kappa shape index (κ1) is 16.9. The highest BCUT2D eigenvalue weighted by atomic mass is 32.1. The van der Waals surface area contributed by atoms with Crippen LogP contribution >= 0.6 is 12.2 Å². The first-order chi connectivity index (χ1) is 11.1. The Kier molecular flexibility index (Phi) is 6.05. The monoisotopic (exact) mass is 329 g/mol. The third-order valence-corrected chi connectivity index (χ3v) is 3.66. The minimum Gasteiger partial charge on any atom is -0.360 e. The molecule has 1 atom stereocenters. The lowest BCUT2D eigenvalue weighted by Crippen LogP contribution is -2.36. The summed E-state index contributed by atoms with van der Waals surface area (Å²) in [6.45, 7) is 2.04. The van der Waals surface area contributed by atoms with Crippen molar-refractivity contribution >= 4 is 28.7 Å². The summed E-state index contributed by atoms with van der Waals surface area (Å²) in [5.41, 5.74) is 1.68. The predicted molar refractivity (Wildman–Crippen MR) is 96.7 cm³/mol. The molecule has 0 aliphatic rings. The van der Waals surface area contributed by atoms with Crippen LogP contribution in [-0.4, -0.2) is 16.1 Å². The van der Waals surface area contributed by atoms with Gasteiger partial charge in [0.05, 0.1) is 4.92 Å². The third kappa shape index (κ3) is 5.34. The number of nitro benzene ring substituents is 1. The van der Waals surface area contributed by atoms with E-state index in [0.717, 1.165) is 12.8 Å². The molecule has 2 aromatic rings. The van der Waals surface area contributed by atoms with Crippen molar-refractivity contribution in [2.75, 3.05) is 5.32 Å². The van der Waals surface area contributed by atoms with Gasteiger partial charge in [-0.25, -0.2) is 0 Å². The Morgan fingerprint density at radius 3 is 2.52 bits per heavy atom. The zero-order valence-corrected chi connectivity index (χ0v) is 13.7. The molecule has 1 unspecified atom stereocenters. The van der Waals surface area contributed by atoms with E-state index in [1.165, 1.54) is 11.6 Å². The van der Waals surface area contributed by atoms with Gasteiger partial charge in [0.15, 0.2) is 5.11 Å². The van der Waals surface area contributed by atoms with Crippen molar-refractivity contribution in [1.29, 1.82) is 0 Å². The van der Waals surface area contributed by atoms with Gasteiger partial charge in [-0.05, 0) is 43.6 Å². The minimum atomic E-state index is -0.427. The van der Waals surface area contributed by atoms with Crippen LogP contribution in [0, 0.1) is 10.1 Å². The second-order valence-electron chi connectivity index (χ2n) is 5.30. The average Bonchev–Trinajstić information content (AvgIpc) is 2.54. The fourth-order valence-corrected chi connectivity index (χ4v) is 2.53. The Labute approximate surface area is 140 Å². The number of nitrogens with one attached hydrogen (secondary N) is 2. The van der Waals surface area contributed by atoms with Crippen molar-refractivity contribution in [3.05, 3.63) is 70.3 Å². The lowest BCUT2D eigenvalue weighted by atomic mass is 10.1. The summed E-state index contributed by atoms with van der Waals surface area (Å²) in [7, 11) is 0. The molecule has 0 spiro atoms. The van der Waals surface area contributed by atoms with E-state index in [1.54, 1.807) is 18.2 Å². The van der Waals surface area contributed by atoms with Crippen molar-refractivity contribution < 1.29 is 4.92 Å². The first-order valence-corrected chi connectivity index (χ1v) is 7.82. The van der Waals surface area contributed by atoms with Gasteiger partial charge in [-0.1, -0.05) is 42.5 Å². The molecule has 0 aromatic heterocycles. The van der Waals surface area contributed by atoms with Crippen LogP contribution in [0.2, 0.25) is 0 Å². The van der Waals surface area contributed by atoms with Crippen LogP contribution in [0.5, 0.6) is 0 Å². The molecule has 6 heteroatoms. The average molecular weight is 329 g/mol. The number of benzene rings is 2. The fourth-order valence-electron chi connectivity index (χ4n) is 2.22. The van der Waals surface area contributed by atoms with Gasteiger partial charge in [0.2, 0.25) is 0 Å². The van der Waals surface area contributed by atoms with Crippen molar-refractivity contribution in [3.63, 3.8) is 0 Å². The maximum absolute atomic E-state index is 11.0. The Morgan fingerprint density at radius 1 is 1.17 bits per heavy atom. The number of aryl methyl sites for hydroxylation is 1. The number of nitro groups is 1. The van der Waals surface area contributed by atoms with Crippen LogP contribution in [0.4, 0.5) is 11.4 Å². The highest BCUT2D eigenvalue weighted by molar-refractivity contribution is 7.80. The summed E-state index contributed by atoms with van der Waals surface area (Å²) in [6, 6.07) is 16.8. The van der Waals surface area contributed by atoms with Crippen molar-refractivity contribution in [2.45, 2.75) is 25.8 Å². The van der Waals surface area contributed by atoms with E-state index in [2.05, 4.69) is 22.8 Å². The number of anilines is 1. The summed E-state index contributed by atoms with van der Waals surface area (Å²) >= 11 is 5.24. The quantitative estimate of drug-likeness (QED) is 0.478. The van der Waals surface area contributed by atoms with Crippen LogP contribution in [-0.2, 0) is 6.42 Å². The summed E-state index contributed by atoms with van der Waals surface area (Å²) in [4.78, 5) is 10.6. The molecule has 0 radical (unpaired) electrons. The smallest absolute Gasteiger partial charge is 0.292 e. The van der Waals surface area contributed by atoms with E-state index >= 15 is 0 Å². The number of para-hydroxylation sites is 2. The van der Waals surface area contributed by atoms with Gasteiger partial charge >= 0.3 is 0 Å². The molecule has 23 heavy (non-hydrogen) atoms. The summed E-state index contributed by atoms with van der Waals surface area (Å²) < 4.78 is 0. The zero-order valence-electron chi connectivity index (χ0n) is 12.9. The topological polar surface area (TPSA) is 67.2 Å². The number of nitrogens with zero attached hydrogens (tertiary/aromatic N) is 1. The van der Waals surface area contributed by atoms with Crippen LogP contribution in [0.25, 0.3) is 0 Å². The molecule has 0 bridgehead atoms. The Morgan fingerprint density at radius 2 is 1.83 bits per heavy atom. The zero-order chi connectivity index (χ0) is 16.7. The first-order valence-electron chi connectivity index (χ1n) is 7.41. The van der Waals surface area contributed by atoms with E-state index < -0.39 is 4.92 Å². The highest BCUT2D eigenvalue weighted by Gasteiger charge is 2.14. The third-order valence-electron chi connectivity index (χ3n) is 3.44.